The molecule has 0 aliphatic rings. The molecule has 0 saturated heterocycles. The van der Waals surface area contributed by atoms with Crippen LogP contribution >= 0.6 is 15.9 Å². The Balaban J connectivity index is 2.45. The van der Waals surface area contributed by atoms with Crippen LogP contribution in [0.1, 0.15) is 21.7 Å². The fourth-order valence-electron chi connectivity index (χ4n) is 2.26. The maximum Gasteiger partial charge on any atom is 0.253 e. The summed E-state index contributed by atoms with van der Waals surface area (Å²) in [4.78, 5) is 12.1. The van der Waals surface area contributed by atoms with Gasteiger partial charge in [-0.25, -0.2) is 0 Å². The van der Waals surface area contributed by atoms with Crippen molar-refractivity contribution in [2.45, 2.75) is 13.8 Å². The van der Waals surface area contributed by atoms with Crippen LogP contribution in [0.2, 0.25) is 0 Å². The van der Waals surface area contributed by atoms with E-state index in [1.165, 1.54) is 0 Å². The summed E-state index contributed by atoms with van der Waals surface area (Å²) in [6, 6.07) is 9.75. The first-order valence-electron chi connectivity index (χ1n) is 6.39. The number of halogens is 1. The lowest BCUT2D eigenvalue weighted by Gasteiger charge is -2.11. The van der Waals surface area contributed by atoms with E-state index in [1.54, 1.807) is 0 Å². The van der Waals surface area contributed by atoms with Crippen molar-refractivity contribution in [3.8, 4) is 5.69 Å². The van der Waals surface area contributed by atoms with Crippen LogP contribution in [0.15, 0.2) is 34.8 Å². The summed E-state index contributed by atoms with van der Waals surface area (Å²) in [6.45, 7) is 4.09. The molecule has 5 heteroatoms. The van der Waals surface area contributed by atoms with Gasteiger partial charge in [0.15, 0.2) is 0 Å². The number of carbonyl (C=O) groups excluding carboxylic acids is 1. The third-order valence-electron chi connectivity index (χ3n) is 3.17. The number of nitrogens with zero attached hydrogens (tertiary/aromatic N) is 1. The number of aliphatic hydroxyl groups is 1. The first kappa shape index (κ1) is 14.8. The summed E-state index contributed by atoms with van der Waals surface area (Å²) in [5.41, 5.74) is 3.50. The average molecular weight is 337 g/mol. The van der Waals surface area contributed by atoms with Crippen molar-refractivity contribution < 1.29 is 9.90 Å². The molecule has 106 valence electrons. The van der Waals surface area contributed by atoms with Crippen molar-refractivity contribution in [1.29, 1.82) is 0 Å². The highest BCUT2D eigenvalue weighted by molar-refractivity contribution is 9.10. The number of para-hydroxylation sites is 1. The Bertz CT molecular complexity index is 635. The molecule has 2 aromatic rings. The van der Waals surface area contributed by atoms with Gasteiger partial charge in [-0.05, 0) is 48.0 Å². The van der Waals surface area contributed by atoms with Gasteiger partial charge in [0.25, 0.3) is 5.91 Å². The molecule has 0 spiro atoms. The number of benzene rings is 1. The molecule has 1 heterocycles. The summed E-state index contributed by atoms with van der Waals surface area (Å²) in [5, 5.41) is 11.5. The molecule has 1 amide bonds. The zero-order valence-electron chi connectivity index (χ0n) is 11.5. The quantitative estimate of drug-likeness (QED) is 0.901. The lowest BCUT2D eigenvalue weighted by molar-refractivity contribution is 0.0944. The number of aromatic nitrogens is 1. The fourth-order valence-corrected chi connectivity index (χ4v) is 2.72. The van der Waals surface area contributed by atoms with Gasteiger partial charge in [-0.1, -0.05) is 12.1 Å². The molecule has 1 aromatic carbocycles. The van der Waals surface area contributed by atoms with Crippen molar-refractivity contribution in [3.63, 3.8) is 0 Å². The zero-order valence-corrected chi connectivity index (χ0v) is 13.1. The van der Waals surface area contributed by atoms with Crippen LogP contribution < -0.4 is 5.32 Å². The van der Waals surface area contributed by atoms with Crippen LogP contribution in [-0.2, 0) is 0 Å². The number of amides is 1. The maximum atomic E-state index is 12.1. The van der Waals surface area contributed by atoms with Gasteiger partial charge in [0.2, 0.25) is 0 Å². The predicted molar refractivity (Wildman–Crippen MR) is 82.4 cm³/mol. The highest BCUT2D eigenvalue weighted by Crippen LogP contribution is 2.26. The largest absolute Gasteiger partial charge is 0.395 e. The highest BCUT2D eigenvalue weighted by Gasteiger charge is 2.17. The van der Waals surface area contributed by atoms with E-state index in [1.807, 2.05) is 48.7 Å². The van der Waals surface area contributed by atoms with Gasteiger partial charge in [-0.3, -0.25) is 4.79 Å². The Kier molecular flexibility index (Phi) is 4.62. The van der Waals surface area contributed by atoms with Crippen LogP contribution in [0.4, 0.5) is 0 Å². The summed E-state index contributed by atoms with van der Waals surface area (Å²) in [5.74, 6) is -0.162. The van der Waals surface area contributed by atoms with Crippen molar-refractivity contribution in [1.82, 2.24) is 9.88 Å². The van der Waals surface area contributed by atoms with Crippen LogP contribution in [0.3, 0.4) is 0 Å². The Morgan fingerprint density at radius 2 is 2.05 bits per heavy atom. The monoisotopic (exact) mass is 336 g/mol. The van der Waals surface area contributed by atoms with Gasteiger partial charge < -0.3 is 15.0 Å². The van der Waals surface area contributed by atoms with Gasteiger partial charge in [-0.2, -0.15) is 0 Å². The van der Waals surface area contributed by atoms with E-state index in [9.17, 15) is 4.79 Å². The third-order valence-corrected chi connectivity index (χ3v) is 3.84. The molecule has 0 radical (unpaired) electrons. The number of hydrogen-bond acceptors (Lipinski definition) is 2. The van der Waals surface area contributed by atoms with Crippen molar-refractivity contribution in [3.05, 3.63) is 51.8 Å². The predicted octanol–water partition coefficient (Wildman–Crippen LogP) is 2.58. The highest BCUT2D eigenvalue weighted by atomic mass is 79.9. The lowest BCUT2D eigenvalue weighted by atomic mass is 10.2. The maximum absolute atomic E-state index is 12.1. The number of aryl methyl sites for hydroxylation is 1. The molecule has 2 N–H and O–H groups in total. The Hall–Kier alpha value is -1.59. The second-order valence-corrected chi connectivity index (χ2v) is 5.41. The van der Waals surface area contributed by atoms with Crippen LogP contribution in [-0.4, -0.2) is 28.7 Å². The molecule has 0 unspecified atom stereocenters. The molecular formula is C15H17BrN2O2. The van der Waals surface area contributed by atoms with Crippen LogP contribution in [0.25, 0.3) is 5.69 Å². The summed E-state index contributed by atoms with van der Waals surface area (Å²) >= 11 is 3.54. The van der Waals surface area contributed by atoms with E-state index in [2.05, 4.69) is 21.2 Å². The minimum absolute atomic E-state index is 0.0608. The van der Waals surface area contributed by atoms with Gasteiger partial charge in [0, 0.05) is 22.4 Å². The molecular weight excluding hydrogens is 320 g/mol. The molecule has 0 fully saturated rings. The summed E-state index contributed by atoms with van der Waals surface area (Å²) < 4.78 is 3.02. The minimum atomic E-state index is -0.162. The van der Waals surface area contributed by atoms with E-state index in [0.29, 0.717) is 5.56 Å². The molecule has 20 heavy (non-hydrogen) atoms. The first-order chi connectivity index (χ1) is 9.56. The second-order valence-electron chi connectivity index (χ2n) is 4.55. The normalized spacial score (nSPS) is 10.6. The van der Waals surface area contributed by atoms with Crippen molar-refractivity contribution in [2.75, 3.05) is 13.2 Å². The SMILES string of the molecule is Cc1cc(C(=O)NCCO)c(C)n1-c1ccccc1Br. The van der Waals surface area contributed by atoms with Crippen LogP contribution in [0.5, 0.6) is 0 Å². The van der Waals surface area contributed by atoms with E-state index < -0.39 is 0 Å². The number of rotatable bonds is 4. The fraction of sp³-hybridized carbons (Fsp3) is 0.267. The van der Waals surface area contributed by atoms with E-state index in [0.717, 1.165) is 21.5 Å². The first-order valence-corrected chi connectivity index (χ1v) is 7.18. The van der Waals surface area contributed by atoms with E-state index in [-0.39, 0.29) is 19.1 Å². The van der Waals surface area contributed by atoms with Crippen molar-refractivity contribution >= 4 is 21.8 Å². The van der Waals surface area contributed by atoms with Crippen LogP contribution in [0, 0.1) is 13.8 Å². The standard InChI is InChI=1S/C15H17BrN2O2/c1-10-9-12(15(20)17-7-8-19)11(2)18(10)14-6-4-3-5-13(14)16/h3-6,9,19H,7-8H2,1-2H3,(H,17,20). The molecule has 0 aliphatic carbocycles. The molecule has 0 saturated carbocycles. The topological polar surface area (TPSA) is 54.3 Å². The Morgan fingerprint density at radius 1 is 1.35 bits per heavy atom. The minimum Gasteiger partial charge on any atom is -0.395 e. The van der Waals surface area contributed by atoms with Crippen molar-refractivity contribution in [2.24, 2.45) is 0 Å². The molecule has 0 bridgehead atoms. The summed E-state index contributed by atoms with van der Waals surface area (Å²) in [6.07, 6.45) is 0. The number of hydrogen-bond donors (Lipinski definition) is 2. The van der Waals surface area contributed by atoms with Gasteiger partial charge in [0.05, 0.1) is 17.9 Å². The van der Waals surface area contributed by atoms with E-state index >= 15 is 0 Å². The number of aliphatic hydroxyl groups excluding tert-OH is 1. The lowest BCUT2D eigenvalue weighted by Crippen LogP contribution is -2.26. The van der Waals surface area contributed by atoms with Gasteiger partial charge in [-0.15, -0.1) is 0 Å². The van der Waals surface area contributed by atoms with E-state index in [4.69, 9.17) is 5.11 Å². The molecule has 1 aromatic heterocycles. The molecule has 4 nitrogen and oxygen atoms in total. The number of carbonyl (C=O) groups is 1. The second kappa shape index (κ2) is 6.24. The van der Waals surface area contributed by atoms with Gasteiger partial charge in [0.1, 0.15) is 0 Å². The smallest absolute Gasteiger partial charge is 0.253 e. The molecule has 2 rings (SSSR count). The third kappa shape index (κ3) is 2.78. The Labute approximate surface area is 126 Å². The molecule has 0 aliphatic heterocycles. The number of nitrogens with one attached hydrogen (secondary N) is 1. The average Bonchev–Trinajstić information content (AvgIpc) is 2.72. The van der Waals surface area contributed by atoms with Gasteiger partial charge >= 0.3 is 0 Å². The molecule has 0 atom stereocenters. The summed E-state index contributed by atoms with van der Waals surface area (Å²) in [7, 11) is 0. The zero-order chi connectivity index (χ0) is 14.7. The Morgan fingerprint density at radius 3 is 2.70 bits per heavy atom.